The minimum absolute atomic E-state index is 0.189. The Labute approximate surface area is 114 Å². The highest BCUT2D eigenvalue weighted by Crippen LogP contribution is 2.31. The number of aryl methyl sites for hydroxylation is 2. The Morgan fingerprint density at radius 1 is 1.37 bits per heavy atom. The van der Waals surface area contributed by atoms with Crippen LogP contribution in [-0.4, -0.2) is 25.2 Å². The first-order valence-corrected chi connectivity index (χ1v) is 6.51. The molecule has 0 aliphatic rings. The number of hydrogen-bond acceptors (Lipinski definition) is 3. The van der Waals surface area contributed by atoms with Crippen molar-refractivity contribution in [1.82, 2.24) is 5.32 Å². The van der Waals surface area contributed by atoms with E-state index >= 15 is 0 Å². The number of carboxylic acids is 1. The summed E-state index contributed by atoms with van der Waals surface area (Å²) in [5.41, 5.74) is 3.04. The summed E-state index contributed by atoms with van der Waals surface area (Å²) in [6.45, 7) is 5.85. The highest BCUT2D eigenvalue weighted by molar-refractivity contribution is 5.71. The average Bonchev–Trinajstić information content (AvgIpc) is 2.34. The number of rotatable bonds is 6. The molecule has 19 heavy (non-hydrogen) atoms. The van der Waals surface area contributed by atoms with Gasteiger partial charge in [-0.05, 0) is 44.0 Å². The summed E-state index contributed by atoms with van der Waals surface area (Å²) >= 11 is 0. The van der Waals surface area contributed by atoms with Crippen LogP contribution in [0.1, 0.15) is 36.1 Å². The molecule has 106 valence electrons. The lowest BCUT2D eigenvalue weighted by molar-refractivity contribution is -0.143. The molecule has 0 aliphatic heterocycles. The molecule has 0 bridgehead atoms. The third-order valence-corrected chi connectivity index (χ3v) is 3.52. The van der Waals surface area contributed by atoms with Crippen molar-refractivity contribution < 1.29 is 14.6 Å². The summed E-state index contributed by atoms with van der Waals surface area (Å²) < 4.78 is 5.34. The molecule has 0 heterocycles. The fraction of sp³-hybridized carbons (Fsp3) is 0.533. The van der Waals surface area contributed by atoms with Gasteiger partial charge in [-0.15, -0.1) is 0 Å². The van der Waals surface area contributed by atoms with E-state index in [0.29, 0.717) is 6.42 Å². The Bertz CT molecular complexity index is 434. The Balaban J connectivity index is 3.22. The number of carboxylic acid groups (broad SMARTS) is 1. The van der Waals surface area contributed by atoms with Gasteiger partial charge >= 0.3 is 5.97 Å². The lowest BCUT2D eigenvalue weighted by Gasteiger charge is -2.24. The molecule has 0 radical (unpaired) electrons. The fourth-order valence-corrected chi connectivity index (χ4v) is 2.64. The van der Waals surface area contributed by atoms with E-state index in [-0.39, 0.29) is 6.04 Å². The Hall–Kier alpha value is -1.55. The molecule has 0 amide bonds. The van der Waals surface area contributed by atoms with Crippen LogP contribution in [0.3, 0.4) is 0 Å². The van der Waals surface area contributed by atoms with E-state index in [2.05, 4.69) is 5.32 Å². The zero-order chi connectivity index (χ0) is 14.6. The van der Waals surface area contributed by atoms with Crippen molar-refractivity contribution in [2.45, 2.75) is 33.2 Å². The van der Waals surface area contributed by atoms with E-state index in [4.69, 9.17) is 4.74 Å². The lowest BCUT2D eigenvalue weighted by Crippen LogP contribution is -2.30. The van der Waals surface area contributed by atoms with E-state index in [1.54, 1.807) is 14.2 Å². The van der Waals surface area contributed by atoms with Gasteiger partial charge in [0.1, 0.15) is 5.75 Å². The molecule has 4 heteroatoms. The van der Waals surface area contributed by atoms with Crippen molar-refractivity contribution in [3.05, 3.63) is 28.8 Å². The minimum Gasteiger partial charge on any atom is -0.496 e. The van der Waals surface area contributed by atoms with Crippen LogP contribution in [0.2, 0.25) is 0 Å². The number of carbonyl (C=O) groups is 1. The quantitative estimate of drug-likeness (QED) is 0.830. The molecular formula is C15H23NO3. The molecule has 1 rings (SSSR count). The molecule has 4 nitrogen and oxygen atoms in total. The molecule has 2 unspecified atom stereocenters. The van der Waals surface area contributed by atoms with Gasteiger partial charge in [-0.1, -0.05) is 19.1 Å². The highest BCUT2D eigenvalue weighted by atomic mass is 16.5. The van der Waals surface area contributed by atoms with E-state index in [0.717, 1.165) is 22.4 Å². The van der Waals surface area contributed by atoms with Crippen molar-refractivity contribution in [3.8, 4) is 5.75 Å². The topological polar surface area (TPSA) is 58.6 Å². The molecule has 2 N–H and O–H groups in total. The maximum absolute atomic E-state index is 11.3. The van der Waals surface area contributed by atoms with Crippen LogP contribution in [0.25, 0.3) is 0 Å². The zero-order valence-electron chi connectivity index (χ0n) is 12.3. The van der Waals surface area contributed by atoms with Gasteiger partial charge in [-0.2, -0.15) is 0 Å². The molecule has 0 aromatic heterocycles. The lowest BCUT2D eigenvalue weighted by atomic mass is 9.89. The second-order valence-corrected chi connectivity index (χ2v) is 4.81. The largest absolute Gasteiger partial charge is 0.496 e. The van der Waals surface area contributed by atoms with Crippen LogP contribution in [0.4, 0.5) is 0 Å². The molecule has 2 atom stereocenters. The van der Waals surface area contributed by atoms with E-state index < -0.39 is 11.9 Å². The molecule has 0 spiro atoms. The van der Waals surface area contributed by atoms with Crippen molar-refractivity contribution in [2.75, 3.05) is 14.2 Å². The van der Waals surface area contributed by atoms with E-state index in [9.17, 15) is 9.90 Å². The summed E-state index contributed by atoms with van der Waals surface area (Å²) in [6, 6.07) is 3.81. The fourth-order valence-electron chi connectivity index (χ4n) is 2.64. The molecule has 1 aromatic rings. The van der Waals surface area contributed by atoms with Crippen molar-refractivity contribution in [1.29, 1.82) is 0 Å². The van der Waals surface area contributed by atoms with Gasteiger partial charge in [-0.3, -0.25) is 4.79 Å². The SMILES string of the molecule is CCC(C(=O)O)C(NC)c1cc(C)c(OC)c(C)c1. The summed E-state index contributed by atoms with van der Waals surface area (Å²) in [4.78, 5) is 11.3. The van der Waals surface area contributed by atoms with Gasteiger partial charge < -0.3 is 15.2 Å². The Kier molecular flexibility index (Phi) is 5.36. The van der Waals surface area contributed by atoms with Crippen LogP contribution in [0.5, 0.6) is 5.75 Å². The monoisotopic (exact) mass is 265 g/mol. The van der Waals surface area contributed by atoms with Crippen molar-refractivity contribution in [3.63, 3.8) is 0 Å². The minimum atomic E-state index is -0.770. The van der Waals surface area contributed by atoms with Crippen molar-refractivity contribution >= 4 is 5.97 Å². The first-order chi connectivity index (χ1) is 8.96. The molecule has 0 aliphatic carbocycles. The number of aliphatic carboxylic acids is 1. The summed E-state index contributed by atoms with van der Waals surface area (Å²) in [5, 5.41) is 12.4. The van der Waals surface area contributed by atoms with Gasteiger partial charge in [0.15, 0.2) is 0 Å². The van der Waals surface area contributed by atoms with Crippen LogP contribution < -0.4 is 10.1 Å². The second-order valence-electron chi connectivity index (χ2n) is 4.81. The van der Waals surface area contributed by atoms with Crippen LogP contribution in [-0.2, 0) is 4.79 Å². The number of methoxy groups -OCH3 is 1. The predicted molar refractivity (Wildman–Crippen MR) is 75.7 cm³/mol. The maximum atomic E-state index is 11.3. The summed E-state index contributed by atoms with van der Waals surface area (Å²) in [7, 11) is 3.45. The van der Waals surface area contributed by atoms with Crippen LogP contribution >= 0.6 is 0 Å². The number of ether oxygens (including phenoxy) is 1. The summed E-state index contributed by atoms with van der Waals surface area (Å²) in [6.07, 6.45) is 0.588. The predicted octanol–water partition coefficient (Wildman–Crippen LogP) is 2.68. The zero-order valence-corrected chi connectivity index (χ0v) is 12.3. The number of benzene rings is 1. The first kappa shape index (κ1) is 15.5. The van der Waals surface area contributed by atoms with Crippen molar-refractivity contribution in [2.24, 2.45) is 5.92 Å². The van der Waals surface area contributed by atoms with Gasteiger partial charge in [0.05, 0.1) is 13.0 Å². The Morgan fingerprint density at radius 2 is 1.89 bits per heavy atom. The number of hydrogen-bond donors (Lipinski definition) is 2. The maximum Gasteiger partial charge on any atom is 0.308 e. The molecule has 1 aromatic carbocycles. The third-order valence-electron chi connectivity index (χ3n) is 3.52. The first-order valence-electron chi connectivity index (χ1n) is 6.51. The standard InChI is InChI=1S/C15H23NO3/c1-6-12(15(17)18)13(16-4)11-7-9(2)14(19-5)10(3)8-11/h7-8,12-13,16H,6H2,1-5H3,(H,17,18). The van der Waals surface area contributed by atoms with Gasteiger partial charge in [0, 0.05) is 6.04 Å². The Morgan fingerprint density at radius 3 is 2.21 bits per heavy atom. The van der Waals surface area contributed by atoms with Crippen LogP contribution in [0.15, 0.2) is 12.1 Å². The normalized spacial score (nSPS) is 13.9. The van der Waals surface area contributed by atoms with E-state index in [1.165, 1.54) is 0 Å². The summed E-state index contributed by atoms with van der Waals surface area (Å²) in [5.74, 6) is -0.341. The molecule has 0 saturated carbocycles. The van der Waals surface area contributed by atoms with Gasteiger partial charge in [0.25, 0.3) is 0 Å². The smallest absolute Gasteiger partial charge is 0.308 e. The van der Waals surface area contributed by atoms with Crippen LogP contribution in [0, 0.1) is 19.8 Å². The second kappa shape index (κ2) is 6.57. The van der Waals surface area contributed by atoms with Gasteiger partial charge in [0.2, 0.25) is 0 Å². The van der Waals surface area contributed by atoms with E-state index in [1.807, 2.05) is 32.9 Å². The average molecular weight is 265 g/mol. The molecule has 0 fully saturated rings. The molecular weight excluding hydrogens is 242 g/mol. The third kappa shape index (κ3) is 3.26. The number of nitrogens with one attached hydrogen (secondary N) is 1. The van der Waals surface area contributed by atoms with Gasteiger partial charge in [-0.25, -0.2) is 0 Å². The molecule has 0 saturated heterocycles. The highest BCUT2D eigenvalue weighted by Gasteiger charge is 2.27.